The number of sulfonamides is 1. The van der Waals surface area contributed by atoms with Gasteiger partial charge in [0, 0.05) is 19.3 Å². The quantitative estimate of drug-likeness (QED) is 0.837. The molecule has 0 aliphatic carbocycles. The molecule has 1 aromatic carbocycles. The molecule has 0 heterocycles. The van der Waals surface area contributed by atoms with Crippen LogP contribution in [0.25, 0.3) is 0 Å². The van der Waals surface area contributed by atoms with Crippen LogP contribution in [0.4, 0.5) is 14.5 Å². The maximum Gasteiger partial charge on any atom is 0.248 e. The second-order valence-electron chi connectivity index (χ2n) is 3.99. The van der Waals surface area contributed by atoms with Crippen LogP contribution in [0.2, 0.25) is 0 Å². The number of rotatable bonds is 5. The molecule has 0 saturated heterocycles. The molecule has 0 aliphatic heterocycles. The third kappa shape index (κ3) is 2.97. The Hall–Kier alpha value is -1.21. The number of nitrogens with two attached hydrogens (primary N) is 1. The van der Waals surface area contributed by atoms with Crippen LogP contribution in [0.5, 0.6) is 0 Å². The lowest BCUT2D eigenvalue weighted by Gasteiger charge is -2.17. The zero-order chi connectivity index (χ0) is 13.9. The Bertz CT molecular complexity index is 509. The molecule has 0 aromatic heterocycles. The van der Waals surface area contributed by atoms with Crippen molar-refractivity contribution in [1.29, 1.82) is 0 Å². The molecule has 102 valence electrons. The summed E-state index contributed by atoms with van der Waals surface area (Å²) in [6, 6.07) is 1.59. The highest BCUT2D eigenvalue weighted by Gasteiger charge is 2.28. The van der Waals surface area contributed by atoms with Crippen LogP contribution in [-0.4, -0.2) is 26.3 Å². The van der Waals surface area contributed by atoms with Crippen LogP contribution in [0, 0.1) is 11.6 Å². The van der Waals surface area contributed by atoms with Gasteiger partial charge in [0.2, 0.25) is 10.0 Å². The van der Waals surface area contributed by atoms with E-state index in [4.69, 9.17) is 5.73 Å². The normalized spacial score (nSPS) is 12.1. The molecule has 7 heteroatoms. The van der Waals surface area contributed by atoms with Crippen LogP contribution < -0.4 is 5.73 Å². The van der Waals surface area contributed by atoms with Gasteiger partial charge in [0.1, 0.15) is 11.6 Å². The largest absolute Gasteiger partial charge is 0.399 e. The number of benzene rings is 1. The van der Waals surface area contributed by atoms with Crippen molar-refractivity contribution in [3.8, 4) is 0 Å². The number of halogens is 2. The predicted molar refractivity (Wildman–Crippen MR) is 65.5 cm³/mol. The first-order valence-electron chi connectivity index (χ1n) is 5.51. The van der Waals surface area contributed by atoms with E-state index in [9.17, 15) is 17.2 Å². The molecule has 0 bridgehead atoms. The summed E-state index contributed by atoms with van der Waals surface area (Å²) in [7, 11) is -2.87. The molecule has 0 fully saturated rings. The van der Waals surface area contributed by atoms with Crippen molar-refractivity contribution in [3.63, 3.8) is 0 Å². The summed E-state index contributed by atoms with van der Waals surface area (Å²) in [4.78, 5) is -0.949. The molecule has 18 heavy (non-hydrogen) atoms. The van der Waals surface area contributed by atoms with E-state index in [1.165, 1.54) is 7.05 Å². The fourth-order valence-electron chi connectivity index (χ4n) is 1.48. The van der Waals surface area contributed by atoms with E-state index in [0.29, 0.717) is 6.42 Å². The van der Waals surface area contributed by atoms with Crippen LogP contribution in [0.15, 0.2) is 17.0 Å². The Morgan fingerprint density at radius 3 is 2.22 bits per heavy atom. The summed E-state index contributed by atoms with van der Waals surface area (Å²) in [6.07, 6.45) is 1.40. The van der Waals surface area contributed by atoms with Gasteiger partial charge in [-0.05, 0) is 18.6 Å². The minimum atomic E-state index is -4.16. The van der Waals surface area contributed by atoms with E-state index >= 15 is 0 Å². The molecule has 1 aromatic rings. The van der Waals surface area contributed by atoms with Gasteiger partial charge in [-0.1, -0.05) is 13.3 Å². The van der Waals surface area contributed by atoms with Gasteiger partial charge in [-0.3, -0.25) is 0 Å². The summed E-state index contributed by atoms with van der Waals surface area (Å²) in [5, 5.41) is 0. The number of unbranched alkanes of at least 4 members (excludes halogenated alkanes) is 1. The maximum atomic E-state index is 13.6. The fraction of sp³-hybridized carbons (Fsp3) is 0.455. The molecule has 2 N–H and O–H groups in total. The Kier molecular flexibility index (Phi) is 4.64. The fourth-order valence-corrected chi connectivity index (χ4v) is 2.77. The Morgan fingerprint density at radius 2 is 1.78 bits per heavy atom. The van der Waals surface area contributed by atoms with Gasteiger partial charge in [0.05, 0.1) is 0 Å². The molecule has 0 atom stereocenters. The molecular formula is C11H16F2N2O2S. The van der Waals surface area contributed by atoms with Crippen molar-refractivity contribution in [3.05, 3.63) is 23.8 Å². The van der Waals surface area contributed by atoms with Crippen LogP contribution in [0.3, 0.4) is 0 Å². The lowest BCUT2D eigenvalue weighted by Crippen LogP contribution is -2.29. The summed E-state index contributed by atoms with van der Waals surface area (Å²) in [6.45, 7) is 2.10. The highest BCUT2D eigenvalue weighted by molar-refractivity contribution is 7.89. The summed E-state index contributed by atoms with van der Waals surface area (Å²) >= 11 is 0. The number of hydrogen-bond donors (Lipinski definition) is 1. The van der Waals surface area contributed by atoms with Gasteiger partial charge in [-0.25, -0.2) is 21.5 Å². The average Bonchev–Trinajstić information content (AvgIpc) is 2.23. The van der Waals surface area contributed by atoms with E-state index in [1.54, 1.807) is 0 Å². The van der Waals surface area contributed by atoms with E-state index < -0.39 is 26.6 Å². The van der Waals surface area contributed by atoms with Crippen molar-refractivity contribution in [2.45, 2.75) is 24.7 Å². The number of nitrogens with zero attached hydrogens (tertiary/aromatic N) is 1. The number of hydrogen-bond acceptors (Lipinski definition) is 3. The first-order chi connectivity index (χ1) is 8.30. The molecule has 0 spiro atoms. The van der Waals surface area contributed by atoms with Crippen molar-refractivity contribution < 1.29 is 17.2 Å². The molecule has 4 nitrogen and oxygen atoms in total. The van der Waals surface area contributed by atoms with Crippen molar-refractivity contribution in [1.82, 2.24) is 4.31 Å². The molecule has 1 rings (SSSR count). The monoisotopic (exact) mass is 278 g/mol. The van der Waals surface area contributed by atoms with Crippen LogP contribution >= 0.6 is 0 Å². The van der Waals surface area contributed by atoms with Crippen LogP contribution in [-0.2, 0) is 10.0 Å². The first-order valence-corrected chi connectivity index (χ1v) is 6.95. The van der Waals surface area contributed by atoms with Gasteiger partial charge in [-0.15, -0.1) is 0 Å². The summed E-state index contributed by atoms with van der Waals surface area (Å²) in [5.41, 5.74) is 5.09. The third-order valence-corrected chi connectivity index (χ3v) is 4.42. The summed E-state index contributed by atoms with van der Waals surface area (Å²) < 4.78 is 52.1. The molecule has 0 amide bonds. The zero-order valence-electron chi connectivity index (χ0n) is 10.3. The summed E-state index contributed by atoms with van der Waals surface area (Å²) in [5.74, 6) is -2.34. The van der Waals surface area contributed by atoms with Crippen molar-refractivity contribution in [2.75, 3.05) is 19.3 Å². The molecule has 0 aliphatic rings. The Morgan fingerprint density at radius 1 is 1.28 bits per heavy atom. The van der Waals surface area contributed by atoms with Gasteiger partial charge in [-0.2, -0.15) is 0 Å². The van der Waals surface area contributed by atoms with E-state index in [1.807, 2.05) is 6.92 Å². The van der Waals surface area contributed by atoms with Gasteiger partial charge in [0.15, 0.2) is 4.90 Å². The highest BCUT2D eigenvalue weighted by Crippen LogP contribution is 2.24. The van der Waals surface area contributed by atoms with Gasteiger partial charge < -0.3 is 5.73 Å². The Labute approximate surface area is 105 Å². The predicted octanol–water partition coefficient (Wildman–Crippen LogP) is 1.97. The second kappa shape index (κ2) is 5.62. The van der Waals surface area contributed by atoms with E-state index in [2.05, 4.69) is 0 Å². The number of anilines is 1. The third-order valence-electron chi connectivity index (χ3n) is 2.52. The molecule has 0 saturated carbocycles. The second-order valence-corrected chi connectivity index (χ2v) is 5.98. The topological polar surface area (TPSA) is 63.4 Å². The van der Waals surface area contributed by atoms with Crippen molar-refractivity contribution in [2.24, 2.45) is 0 Å². The Balaban J connectivity index is 3.20. The highest BCUT2D eigenvalue weighted by atomic mass is 32.2. The van der Waals surface area contributed by atoms with Gasteiger partial charge in [0.25, 0.3) is 0 Å². The maximum absolute atomic E-state index is 13.6. The minimum Gasteiger partial charge on any atom is -0.399 e. The van der Waals surface area contributed by atoms with Crippen LogP contribution in [0.1, 0.15) is 19.8 Å². The molecule has 0 unspecified atom stereocenters. The molecular weight excluding hydrogens is 262 g/mol. The smallest absolute Gasteiger partial charge is 0.248 e. The lowest BCUT2D eigenvalue weighted by molar-refractivity contribution is 0.443. The SMILES string of the molecule is CCCCN(C)S(=O)(=O)c1c(F)cc(N)cc1F. The zero-order valence-corrected chi connectivity index (χ0v) is 11.1. The van der Waals surface area contributed by atoms with E-state index in [-0.39, 0.29) is 12.2 Å². The van der Waals surface area contributed by atoms with E-state index in [0.717, 1.165) is 22.9 Å². The van der Waals surface area contributed by atoms with Crippen molar-refractivity contribution >= 4 is 15.7 Å². The molecule has 0 radical (unpaired) electrons. The first kappa shape index (κ1) is 14.8. The lowest BCUT2D eigenvalue weighted by atomic mass is 10.3. The minimum absolute atomic E-state index is 0.153. The number of nitrogen functional groups attached to an aromatic ring is 1. The average molecular weight is 278 g/mol. The standard InChI is InChI=1S/C11H16F2N2O2S/c1-3-4-5-15(2)18(16,17)11-9(12)6-8(14)7-10(11)13/h6-7H,3-5,14H2,1-2H3. The van der Waals surface area contributed by atoms with Gasteiger partial charge >= 0.3 is 0 Å².